The lowest BCUT2D eigenvalue weighted by molar-refractivity contribution is -0.121. The fourth-order valence-electron chi connectivity index (χ4n) is 3.01. The van der Waals surface area contributed by atoms with Crippen LogP contribution >= 0.6 is 0 Å². The molecule has 20 heavy (non-hydrogen) atoms. The van der Waals surface area contributed by atoms with Crippen molar-refractivity contribution in [3.05, 3.63) is 59.2 Å². The van der Waals surface area contributed by atoms with Crippen LogP contribution in [0.15, 0.2) is 47.6 Å². The largest absolute Gasteiger partial charge is 0.273 e. The SMILES string of the molecule is O=C1CCC(c2ccc3c(c2)Cc2ccccc2-3)=NN1. The first-order valence-electron chi connectivity index (χ1n) is 6.88. The first-order chi connectivity index (χ1) is 9.81. The van der Waals surface area contributed by atoms with Crippen LogP contribution in [0.3, 0.4) is 0 Å². The molecule has 2 aromatic rings. The molecule has 4 rings (SSSR count). The second kappa shape index (κ2) is 4.30. The van der Waals surface area contributed by atoms with Crippen molar-refractivity contribution in [3.8, 4) is 11.1 Å². The van der Waals surface area contributed by atoms with Crippen LogP contribution in [-0.2, 0) is 11.2 Å². The van der Waals surface area contributed by atoms with Crippen molar-refractivity contribution in [3.63, 3.8) is 0 Å². The van der Waals surface area contributed by atoms with Crippen molar-refractivity contribution in [1.82, 2.24) is 5.43 Å². The van der Waals surface area contributed by atoms with Gasteiger partial charge in [-0.05, 0) is 40.3 Å². The number of hydrogen-bond donors (Lipinski definition) is 1. The normalized spacial score (nSPS) is 16.2. The Bertz CT molecular complexity index is 746. The summed E-state index contributed by atoms with van der Waals surface area (Å²) in [5, 5.41) is 4.17. The molecule has 0 spiro atoms. The van der Waals surface area contributed by atoms with E-state index in [9.17, 15) is 4.79 Å². The first-order valence-corrected chi connectivity index (χ1v) is 6.88. The van der Waals surface area contributed by atoms with Crippen LogP contribution < -0.4 is 5.43 Å². The van der Waals surface area contributed by atoms with E-state index in [1.54, 1.807) is 0 Å². The number of benzene rings is 2. The number of rotatable bonds is 1. The van der Waals surface area contributed by atoms with Crippen molar-refractivity contribution < 1.29 is 4.79 Å². The third-order valence-electron chi connectivity index (χ3n) is 4.03. The number of nitrogens with zero attached hydrogens (tertiary/aromatic N) is 1. The molecule has 1 aliphatic carbocycles. The fraction of sp³-hybridized carbons (Fsp3) is 0.176. The molecule has 0 atom stereocenters. The van der Waals surface area contributed by atoms with Gasteiger partial charge in [0.15, 0.2) is 0 Å². The molecule has 0 radical (unpaired) electrons. The quantitative estimate of drug-likeness (QED) is 0.720. The minimum atomic E-state index is 0.00214. The van der Waals surface area contributed by atoms with Crippen molar-refractivity contribution in [1.29, 1.82) is 0 Å². The average Bonchev–Trinajstić information content (AvgIpc) is 2.85. The molecular weight excluding hydrogens is 248 g/mol. The minimum absolute atomic E-state index is 0.00214. The van der Waals surface area contributed by atoms with Gasteiger partial charge in [0.2, 0.25) is 5.91 Å². The maximum absolute atomic E-state index is 11.2. The molecule has 3 heteroatoms. The lowest BCUT2D eigenvalue weighted by Crippen LogP contribution is -2.25. The second-order valence-electron chi connectivity index (χ2n) is 5.30. The maximum atomic E-state index is 11.2. The number of nitrogens with one attached hydrogen (secondary N) is 1. The molecule has 0 unspecified atom stereocenters. The molecular formula is C17H14N2O. The Morgan fingerprint density at radius 2 is 1.80 bits per heavy atom. The Morgan fingerprint density at radius 1 is 0.950 bits per heavy atom. The lowest BCUT2D eigenvalue weighted by Gasteiger charge is -2.13. The van der Waals surface area contributed by atoms with E-state index in [1.165, 1.54) is 22.3 Å². The molecule has 0 bridgehead atoms. The lowest BCUT2D eigenvalue weighted by atomic mass is 9.99. The number of hydrazone groups is 1. The van der Waals surface area contributed by atoms with Crippen LogP contribution in [0.25, 0.3) is 11.1 Å². The molecule has 1 aliphatic heterocycles. The van der Waals surface area contributed by atoms with E-state index >= 15 is 0 Å². The van der Waals surface area contributed by atoms with Crippen molar-refractivity contribution in [2.45, 2.75) is 19.3 Å². The second-order valence-corrected chi connectivity index (χ2v) is 5.30. The van der Waals surface area contributed by atoms with E-state index in [-0.39, 0.29) is 5.91 Å². The van der Waals surface area contributed by atoms with Crippen LogP contribution in [-0.4, -0.2) is 11.6 Å². The van der Waals surface area contributed by atoms with Gasteiger partial charge in [0.05, 0.1) is 5.71 Å². The fourth-order valence-corrected chi connectivity index (χ4v) is 3.01. The number of hydrogen-bond acceptors (Lipinski definition) is 2. The Morgan fingerprint density at radius 3 is 2.65 bits per heavy atom. The average molecular weight is 262 g/mol. The number of fused-ring (bicyclic) bond motifs is 3. The number of carbonyl (C=O) groups is 1. The summed E-state index contributed by atoms with van der Waals surface area (Å²) < 4.78 is 0. The summed E-state index contributed by atoms with van der Waals surface area (Å²) in [5.74, 6) is 0.00214. The van der Waals surface area contributed by atoms with E-state index in [2.05, 4.69) is 53.0 Å². The van der Waals surface area contributed by atoms with E-state index in [1.807, 2.05) is 0 Å². The van der Waals surface area contributed by atoms with E-state index < -0.39 is 0 Å². The van der Waals surface area contributed by atoms with Crippen LogP contribution in [0.1, 0.15) is 29.5 Å². The molecule has 0 saturated carbocycles. The van der Waals surface area contributed by atoms with Crippen LogP contribution in [0, 0.1) is 0 Å². The summed E-state index contributed by atoms with van der Waals surface area (Å²) in [7, 11) is 0. The maximum Gasteiger partial charge on any atom is 0.240 e. The topological polar surface area (TPSA) is 41.5 Å². The van der Waals surface area contributed by atoms with Gasteiger partial charge in [0.25, 0.3) is 0 Å². The molecule has 1 heterocycles. The summed E-state index contributed by atoms with van der Waals surface area (Å²) >= 11 is 0. The summed E-state index contributed by atoms with van der Waals surface area (Å²) in [6.45, 7) is 0. The van der Waals surface area contributed by atoms with Gasteiger partial charge in [0.1, 0.15) is 0 Å². The van der Waals surface area contributed by atoms with Gasteiger partial charge >= 0.3 is 0 Å². The molecule has 0 fully saturated rings. The highest BCUT2D eigenvalue weighted by molar-refractivity contribution is 6.04. The summed E-state index contributed by atoms with van der Waals surface area (Å²) in [4.78, 5) is 11.2. The predicted octanol–water partition coefficient (Wildman–Crippen LogP) is 2.87. The third kappa shape index (κ3) is 1.74. The van der Waals surface area contributed by atoms with Crippen molar-refractivity contribution >= 4 is 11.6 Å². The van der Waals surface area contributed by atoms with Gasteiger partial charge in [-0.2, -0.15) is 5.10 Å². The van der Waals surface area contributed by atoms with Gasteiger partial charge in [-0.1, -0.05) is 36.4 Å². The van der Waals surface area contributed by atoms with E-state index in [4.69, 9.17) is 0 Å². The van der Waals surface area contributed by atoms with Gasteiger partial charge in [-0.15, -0.1) is 0 Å². The Hall–Kier alpha value is -2.42. The molecule has 1 N–H and O–H groups in total. The van der Waals surface area contributed by atoms with E-state index in [0.717, 1.165) is 24.1 Å². The zero-order valence-corrected chi connectivity index (χ0v) is 11.0. The zero-order chi connectivity index (χ0) is 13.5. The van der Waals surface area contributed by atoms with Crippen LogP contribution in [0.5, 0.6) is 0 Å². The third-order valence-corrected chi connectivity index (χ3v) is 4.03. The monoisotopic (exact) mass is 262 g/mol. The molecule has 0 saturated heterocycles. The van der Waals surface area contributed by atoms with Crippen molar-refractivity contribution in [2.75, 3.05) is 0 Å². The molecule has 1 amide bonds. The Kier molecular flexibility index (Phi) is 2.46. The zero-order valence-electron chi connectivity index (χ0n) is 11.0. The molecule has 98 valence electrons. The van der Waals surface area contributed by atoms with Crippen LogP contribution in [0.2, 0.25) is 0 Å². The highest BCUT2D eigenvalue weighted by Crippen LogP contribution is 2.36. The highest BCUT2D eigenvalue weighted by atomic mass is 16.2. The van der Waals surface area contributed by atoms with E-state index in [0.29, 0.717) is 6.42 Å². The minimum Gasteiger partial charge on any atom is -0.273 e. The van der Waals surface area contributed by atoms with Gasteiger partial charge in [0, 0.05) is 12.8 Å². The molecule has 3 nitrogen and oxygen atoms in total. The smallest absolute Gasteiger partial charge is 0.240 e. The Labute approximate surface area is 117 Å². The molecule has 2 aromatic carbocycles. The van der Waals surface area contributed by atoms with Crippen LogP contribution in [0.4, 0.5) is 0 Å². The number of amides is 1. The predicted molar refractivity (Wildman–Crippen MR) is 78.6 cm³/mol. The van der Waals surface area contributed by atoms with Gasteiger partial charge in [-0.25, -0.2) is 5.43 Å². The summed E-state index contributed by atoms with van der Waals surface area (Å²) in [5.41, 5.74) is 10.1. The van der Waals surface area contributed by atoms with Crippen molar-refractivity contribution in [2.24, 2.45) is 5.10 Å². The van der Waals surface area contributed by atoms with Gasteiger partial charge in [-0.3, -0.25) is 4.79 Å². The number of carbonyl (C=O) groups excluding carboxylic acids is 1. The van der Waals surface area contributed by atoms with Gasteiger partial charge < -0.3 is 0 Å². The standard InChI is InChI=1S/C17H14N2O/c20-17-8-7-16(18-19-17)12-5-6-15-13(10-12)9-11-3-1-2-4-14(11)15/h1-6,10H,7-9H2,(H,19,20). The summed E-state index contributed by atoms with van der Waals surface area (Å²) in [6.07, 6.45) is 2.23. The molecule has 2 aliphatic rings. The Balaban J connectivity index is 1.74. The first kappa shape index (κ1) is 11.4. The highest BCUT2D eigenvalue weighted by Gasteiger charge is 2.20. The summed E-state index contributed by atoms with van der Waals surface area (Å²) in [6, 6.07) is 15.0. The molecule has 0 aromatic heterocycles.